The van der Waals surface area contributed by atoms with Gasteiger partial charge < -0.3 is 5.32 Å². The summed E-state index contributed by atoms with van der Waals surface area (Å²) < 4.78 is 0. The zero-order valence-corrected chi connectivity index (χ0v) is 14.5. The quantitative estimate of drug-likeness (QED) is 0.709. The third kappa shape index (κ3) is 5.19. The number of anilines is 1. The molecule has 0 aromatic heterocycles. The Morgan fingerprint density at radius 1 is 0.750 bits per heavy atom. The zero-order chi connectivity index (χ0) is 15.3. The van der Waals surface area contributed by atoms with E-state index >= 15 is 0 Å². The molecule has 114 valence electrons. The molecule has 1 nitrogen and oxygen atoms in total. The summed E-state index contributed by atoms with van der Waals surface area (Å²) >= 11 is 0. The highest BCUT2D eigenvalue weighted by atomic mass is 14.8. The van der Waals surface area contributed by atoms with Gasteiger partial charge in [0, 0.05) is 12.7 Å². The Kier molecular flexibility index (Phi) is 6.58. The average Bonchev–Trinajstić information content (AvgIpc) is 2.30. The molecule has 0 unspecified atom stereocenters. The van der Waals surface area contributed by atoms with Crippen molar-refractivity contribution >= 4 is 5.69 Å². The van der Waals surface area contributed by atoms with Gasteiger partial charge in [-0.15, -0.1) is 0 Å². The Morgan fingerprint density at radius 3 is 1.45 bits per heavy atom. The second-order valence-corrected chi connectivity index (χ2v) is 7.32. The summed E-state index contributed by atoms with van der Waals surface area (Å²) in [5.41, 5.74) is 5.98. The summed E-state index contributed by atoms with van der Waals surface area (Å²) in [6.45, 7) is 13.9. The average molecular weight is 275 g/mol. The van der Waals surface area contributed by atoms with E-state index in [1.165, 1.54) is 24.9 Å². The monoisotopic (exact) mass is 275 g/mol. The number of hydrogen-bond acceptors (Lipinski definition) is 1. The number of hydrogen-bond donors (Lipinski definition) is 1. The Morgan fingerprint density at radius 2 is 1.15 bits per heavy atom. The van der Waals surface area contributed by atoms with Crippen LogP contribution in [-0.2, 0) is 19.3 Å². The predicted molar refractivity (Wildman–Crippen MR) is 91.6 cm³/mol. The van der Waals surface area contributed by atoms with E-state index in [4.69, 9.17) is 0 Å². The number of rotatable bonds is 7. The van der Waals surface area contributed by atoms with Crippen molar-refractivity contribution in [3.8, 4) is 0 Å². The van der Waals surface area contributed by atoms with E-state index in [9.17, 15) is 0 Å². The largest absolute Gasteiger partial charge is 0.388 e. The zero-order valence-electron chi connectivity index (χ0n) is 14.5. The molecule has 1 rings (SSSR count). The Bertz CT molecular complexity index is 385. The lowest BCUT2D eigenvalue weighted by Crippen LogP contribution is -2.10. The van der Waals surface area contributed by atoms with Gasteiger partial charge in [-0.1, -0.05) is 41.5 Å². The first-order chi connectivity index (χ1) is 9.33. The van der Waals surface area contributed by atoms with Crippen molar-refractivity contribution in [2.24, 2.45) is 17.8 Å². The number of benzene rings is 1. The molecule has 0 saturated heterocycles. The first-order valence-corrected chi connectivity index (χ1v) is 8.15. The lowest BCUT2D eigenvalue weighted by atomic mass is 9.86. The van der Waals surface area contributed by atoms with Crippen LogP contribution in [0.5, 0.6) is 0 Å². The van der Waals surface area contributed by atoms with Gasteiger partial charge in [-0.25, -0.2) is 0 Å². The molecule has 20 heavy (non-hydrogen) atoms. The molecule has 1 aromatic carbocycles. The van der Waals surface area contributed by atoms with Crippen LogP contribution < -0.4 is 5.32 Å². The normalized spacial score (nSPS) is 11.7. The minimum Gasteiger partial charge on any atom is -0.388 e. The Labute approximate surface area is 126 Å². The summed E-state index contributed by atoms with van der Waals surface area (Å²) in [7, 11) is 2.02. The molecule has 0 amide bonds. The van der Waals surface area contributed by atoms with Crippen molar-refractivity contribution in [1.82, 2.24) is 0 Å². The molecule has 1 heteroatoms. The molecule has 0 bridgehead atoms. The second-order valence-electron chi connectivity index (χ2n) is 7.32. The van der Waals surface area contributed by atoms with Crippen LogP contribution in [0.15, 0.2) is 12.1 Å². The molecule has 0 aliphatic carbocycles. The van der Waals surface area contributed by atoms with Gasteiger partial charge in [0.05, 0.1) is 0 Å². The minimum atomic E-state index is 0.708. The molecule has 0 atom stereocenters. The van der Waals surface area contributed by atoms with Crippen molar-refractivity contribution in [1.29, 1.82) is 0 Å². The van der Waals surface area contributed by atoms with Crippen molar-refractivity contribution < 1.29 is 0 Å². The highest BCUT2D eigenvalue weighted by Crippen LogP contribution is 2.27. The van der Waals surface area contributed by atoms with Gasteiger partial charge in [0.2, 0.25) is 0 Å². The Balaban J connectivity index is 3.28. The highest BCUT2D eigenvalue weighted by Gasteiger charge is 2.14. The standard InChI is InChI=1S/C19H33N/c1-13(2)8-16-11-18(20-7)12-17(9-14(3)4)19(16)10-15(5)6/h11-15,20H,8-10H2,1-7H3. The molecular weight excluding hydrogens is 242 g/mol. The lowest BCUT2D eigenvalue weighted by molar-refractivity contribution is 0.597. The van der Waals surface area contributed by atoms with Gasteiger partial charge >= 0.3 is 0 Å². The fraction of sp³-hybridized carbons (Fsp3) is 0.684. The van der Waals surface area contributed by atoms with Crippen molar-refractivity contribution in [3.05, 3.63) is 28.8 Å². The van der Waals surface area contributed by atoms with Crippen LogP contribution in [0.4, 0.5) is 5.69 Å². The van der Waals surface area contributed by atoms with Gasteiger partial charge in [0.15, 0.2) is 0 Å². The van der Waals surface area contributed by atoms with Crippen LogP contribution in [0.25, 0.3) is 0 Å². The SMILES string of the molecule is CNc1cc(CC(C)C)c(CC(C)C)c(CC(C)C)c1. The van der Waals surface area contributed by atoms with E-state index in [1.54, 1.807) is 16.7 Å². The molecule has 0 spiro atoms. The van der Waals surface area contributed by atoms with Gasteiger partial charge in [0.25, 0.3) is 0 Å². The maximum absolute atomic E-state index is 3.33. The smallest absolute Gasteiger partial charge is 0.0343 e. The Hall–Kier alpha value is -0.980. The van der Waals surface area contributed by atoms with Crippen LogP contribution >= 0.6 is 0 Å². The van der Waals surface area contributed by atoms with E-state index in [0.717, 1.165) is 0 Å². The van der Waals surface area contributed by atoms with Crippen molar-refractivity contribution in [2.75, 3.05) is 12.4 Å². The maximum atomic E-state index is 3.33. The first kappa shape index (κ1) is 17.1. The van der Waals surface area contributed by atoms with Crippen LogP contribution in [-0.4, -0.2) is 7.05 Å². The van der Waals surface area contributed by atoms with Gasteiger partial charge in [-0.05, 0) is 65.8 Å². The van der Waals surface area contributed by atoms with Crippen molar-refractivity contribution in [3.63, 3.8) is 0 Å². The summed E-state index contributed by atoms with van der Waals surface area (Å²) in [5, 5.41) is 3.33. The van der Waals surface area contributed by atoms with Crippen LogP contribution in [0, 0.1) is 17.8 Å². The molecule has 0 fully saturated rings. The van der Waals surface area contributed by atoms with Crippen LogP contribution in [0.3, 0.4) is 0 Å². The van der Waals surface area contributed by atoms with Gasteiger partial charge in [-0.3, -0.25) is 0 Å². The van der Waals surface area contributed by atoms with Crippen LogP contribution in [0.1, 0.15) is 58.2 Å². The van der Waals surface area contributed by atoms with E-state index in [-0.39, 0.29) is 0 Å². The predicted octanol–water partition coefficient (Wildman–Crippen LogP) is 5.32. The minimum absolute atomic E-state index is 0.708. The first-order valence-electron chi connectivity index (χ1n) is 8.15. The summed E-state index contributed by atoms with van der Waals surface area (Å²) in [6.07, 6.45) is 3.57. The molecule has 0 aliphatic heterocycles. The summed E-state index contributed by atoms with van der Waals surface area (Å²) in [5.74, 6) is 2.13. The van der Waals surface area contributed by atoms with E-state index in [1.807, 2.05) is 7.05 Å². The highest BCUT2D eigenvalue weighted by molar-refractivity contribution is 5.53. The fourth-order valence-corrected chi connectivity index (χ4v) is 2.86. The molecular formula is C19H33N. The molecule has 0 aliphatic rings. The molecule has 0 radical (unpaired) electrons. The van der Waals surface area contributed by atoms with Gasteiger partial charge in [-0.2, -0.15) is 0 Å². The lowest BCUT2D eigenvalue weighted by Gasteiger charge is -2.21. The fourth-order valence-electron chi connectivity index (χ4n) is 2.86. The summed E-state index contributed by atoms with van der Waals surface area (Å²) in [4.78, 5) is 0. The number of nitrogens with one attached hydrogen (secondary N) is 1. The summed E-state index contributed by atoms with van der Waals surface area (Å²) in [6, 6.07) is 4.73. The third-order valence-electron chi connectivity index (χ3n) is 3.59. The molecule has 1 N–H and O–H groups in total. The van der Waals surface area contributed by atoms with E-state index in [0.29, 0.717) is 17.8 Å². The second kappa shape index (κ2) is 7.71. The molecule has 0 saturated carbocycles. The molecule has 0 heterocycles. The topological polar surface area (TPSA) is 12.0 Å². The van der Waals surface area contributed by atoms with Gasteiger partial charge in [0.1, 0.15) is 0 Å². The van der Waals surface area contributed by atoms with Crippen LogP contribution in [0.2, 0.25) is 0 Å². The molecule has 1 aromatic rings. The van der Waals surface area contributed by atoms with Crippen molar-refractivity contribution in [2.45, 2.75) is 60.8 Å². The third-order valence-corrected chi connectivity index (χ3v) is 3.59. The van der Waals surface area contributed by atoms with E-state index < -0.39 is 0 Å². The maximum Gasteiger partial charge on any atom is 0.0343 e. The van der Waals surface area contributed by atoms with E-state index in [2.05, 4.69) is 59.0 Å².